The molecule has 1 atom stereocenters. The Labute approximate surface area is 178 Å². The van der Waals surface area contributed by atoms with Crippen molar-refractivity contribution >= 4 is 11.9 Å². The van der Waals surface area contributed by atoms with Crippen molar-refractivity contribution in [3.05, 3.63) is 71.7 Å². The number of oxazole rings is 1. The molecule has 1 aromatic heterocycles. The molecule has 0 bridgehead atoms. The summed E-state index contributed by atoms with van der Waals surface area (Å²) in [4.78, 5) is 27.7. The van der Waals surface area contributed by atoms with Gasteiger partial charge in [0.1, 0.15) is 11.6 Å². The third-order valence-corrected chi connectivity index (χ3v) is 4.74. The Morgan fingerprint density at radius 3 is 2.58 bits per heavy atom. The zero-order valence-electron chi connectivity index (χ0n) is 17.2. The number of methoxy groups -OCH3 is 1. The SMILES string of the molecule is CCc1ncc(C(=O)N[C@@H](CC(=O)O)Cc2ccc(-c3cc(F)ccc3OC)cc2)o1. The summed E-state index contributed by atoms with van der Waals surface area (Å²) in [5, 5.41) is 11.9. The first-order chi connectivity index (χ1) is 14.9. The Morgan fingerprint density at radius 1 is 1.23 bits per heavy atom. The van der Waals surface area contributed by atoms with Crippen LogP contribution in [-0.2, 0) is 17.6 Å². The number of nitrogens with one attached hydrogen (secondary N) is 1. The maximum absolute atomic E-state index is 13.7. The van der Waals surface area contributed by atoms with Crippen molar-refractivity contribution in [2.75, 3.05) is 7.11 Å². The van der Waals surface area contributed by atoms with E-state index in [1.165, 1.54) is 25.4 Å². The molecule has 0 fully saturated rings. The number of carbonyl (C=O) groups is 2. The highest BCUT2D eigenvalue weighted by Crippen LogP contribution is 2.30. The Hall–Kier alpha value is -3.68. The summed E-state index contributed by atoms with van der Waals surface area (Å²) in [6.07, 6.45) is 1.93. The minimum Gasteiger partial charge on any atom is -0.496 e. The van der Waals surface area contributed by atoms with E-state index in [1.807, 2.05) is 19.1 Å². The highest BCUT2D eigenvalue weighted by Gasteiger charge is 2.20. The summed E-state index contributed by atoms with van der Waals surface area (Å²) in [5.74, 6) is -0.895. The van der Waals surface area contributed by atoms with Crippen LogP contribution in [0, 0.1) is 5.82 Å². The van der Waals surface area contributed by atoms with Gasteiger partial charge in [-0.15, -0.1) is 0 Å². The maximum Gasteiger partial charge on any atom is 0.305 e. The number of hydrogen-bond acceptors (Lipinski definition) is 5. The predicted molar refractivity (Wildman–Crippen MR) is 111 cm³/mol. The van der Waals surface area contributed by atoms with Gasteiger partial charge in [0.05, 0.1) is 19.7 Å². The van der Waals surface area contributed by atoms with Crippen LogP contribution in [0.2, 0.25) is 0 Å². The molecule has 162 valence electrons. The lowest BCUT2D eigenvalue weighted by molar-refractivity contribution is -0.137. The summed E-state index contributed by atoms with van der Waals surface area (Å²) in [7, 11) is 1.52. The normalized spacial score (nSPS) is 11.7. The summed E-state index contributed by atoms with van der Waals surface area (Å²) in [5.41, 5.74) is 2.19. The first kappa shape index (κ1) is 22.0. The number of nitrogens with zero attached hydrogens (tertiary/aromatic N) is 1. The van der Waals surface area contributed by atoms with Gasteiger partial charge in [0.15, 0.2) is 5.89 Å². The number of amides is 1. The second kappa shape index (κ2) is 9.88. The fraction of sp³-hybridized carbons (Fsp3) is 0.261. The molecule has 8 heteroatoms. The van der Waals surface area contributed by atoms with Crippen molar-refractivity contribution in [3.8, 4) is 16.9 Å². The van der Waals surface area contributed by atoms with E-state index >= 15 is 0 Å². The molecule has 0 aliphatic carbocycles. The van der Waals surface area contributed by atoms with Crippen molar-refractivity contribution in [1.29, 1.82) is 0 Å². The van der Waals surface area contributed by atoms with Gasteiger partial charge in [0.2, 0.25) is 5.76 Å². The van der Waals surface area contributed by atoms with Gasteiger partial charge in [-0.3, -0.25) is 9.59 Å². The van der Waals surface area contributed by atoms with Crippen molar-refractivity contribution in [2.24, 2.45) is 0 Å². The van der Waals surface area contributed by atoms with Crippen LogP contribution >= 0.6 is 0 Å². The number of hydrogen-bond donors (Lipinski definition) is 2. The van der Waals surface area contributed by atoms with Crippen molar-refractivity contribution < 1.29 is 28.2 Å². The maximum atomic E-state index is 13.7. The molecule has 7 nitrogen and oxygen atoms in total. The molecule has 0 unspecified atom stereocenters. The average Bonchev–Trinajstić information content (AvgIpc) is 3.23. The zero-order chi connectivity index (χ0) is 22.4. The Kier molecular flexibility index (Phi) is 7.02. The Balaban J connectivity index is 1.75. The highest BCUT2D eigenvalue weighted by atomic mass is 19.1. The third-order valence-electron chi connectivity index (χ3n) is 4.74. The molecule has 0 aliphatic heterocycles. The Bertz CT molecular complexity index is 1060. The lowest BCUT2D eigenvalue weighted by Gasteiger charge is -2.17. The number of carboxylic acid groups (broad SMARTS) is 1. The molecular weight excluding hydrogens is 403 g/mol. The van der Waals surface area contributed by atoms with E-state index in [-0.39, 0.29) is 18.0 Å². The van der Waals surface area contributed by atoms with Crippen LogP contribution in [0.25, 0.3) is 11.1 Å². The topological polar surface area (TPSA) is 102 Å². The summed E-state index contributed by atoms with van der Waals surface area (Å²) >= 11 is 0. The summed E-state index contributed by atoms with van der Waals surface area (Å²) in [6, 6.07) is 10.9. The quantitative estimate of drug-likeness (QED) is 0.539. The van der Waals surface area contributed by atoms with E-state index in [9.17, 15) is 19.1 Å². The zero-order valence-corrected chi connectivity index (χ0v) is 17.2. The molecule has 1 heterocycles. The lowest BCUT2D eigenvalue weighted by atomic mass is 9.98. The van der Waals surface area contributed by atoms with Gasteiger partial charge < -0.3 is 19.6 Å². The molecular formula is C23H23FN2O5. The lowest BCUT2D eigenvalue weighted by Crippen LogP contribution is -2.38. The van der Waals surface area contributed by atoms with Gasteiger partial charge in [0.25, 0.3) is 5.91 Å². The number of aliphatic carboxylic acids is 1. The molecule has 3 rings (SSSR count). The van der Waals surface area contributed by atoms with Crippen LogP contribution in [0.3, 0.4) is 0 Å². The highest BCUT2D eigenvalue weighted by molar-refractivity contribution is 5.91. The predicted octanol–water partition coefficient (Wildman–Crippen LogP) is 3.87. The van der Waals surface area contributed by atoms with Crippen LogP contribution in [0.15, 0.2) is 53.1 Å². The number of halogens is 1. The standard InChI is InChI=1S/C23H23FN2O5/c1-3-21-25-13-20(31-21)23(29)26-17(12-22(27)28)10-14-4-6-15(7-5-14)18-11-16(24)8-9-19(18)30-2/h4-9,11,13,17H,3,10,12H2,1-2H3,(H,26,29)(H,27,28)/t17-/m1/s1. The van der Waals surface area contributed by atoms with E-state index in [2.05, 4.69) is 10.3 Å². The molecule has 0 spiro atoms. The van der Waals surface area contributed by atoms with Crippen molar-refractivity contribution in [3.63, 3.8) is 0 Å². The number of rotatable bonds is 9. The molecule has 0 saturated heterocycles. The van der Waals surface area contributed by atoms with Gasteiger partial charge in [-0.05, 0) is 35.7 Å². The number of benzene rings is 2. The van der Waals surface area contributed by atoms with Gasteiger partial charge in [0, 0.05) is 18.0 Å². The van der Waals surface area contributed by atoms with Crippen LogP contribution in [0.5, 0.6) is 5.75 Å². The molecule has 3 aromatic rings. The third kappa shape index (κ3) is 5.69. The average molecular weight is 426 g/mol. The monoisotopic (exact) mass is 426 g/mol. The Morgan fingerprint density at radius 2 is 1.97 bits per heavy atom. The van der Waals surface area contributed by atoms with E-state index in [0.29, 0.717) is 30.0 Å². The summed E-state index contributed by atoms with van der Waals surface area (Å²) < 4.78 is 24.3. The number of aromatic nitrogens is 1. The van der Waals surface area contributed by atoms with Crippen LogP contribution in [0.1, 0.15) is 35.4 Å². The van der Waals surface area contributed by atoms with Crippen molar-refractivity contribution in [1.82, 2.24) is 10.3 Å². The fourth-order valence-corrected chi connectivity index (χ4v) is 3.23. The molecule has 0 aliphatic rings. The largest absolute Gasteiger partial charge is 0.496 e. The number of carboxylic acids is 1. The smallest absolute Gasteiger partial charge is 0.305 e. The molecule has 0 radical (unpaired) electrons. The van der Waals surface area contributed by atoms with Gasteiger partial charge in [-0.25, -0.2) is 9.37 Å². The molecule has 0 saturated carbocycles. The second-order valence-electron chi connectivity index (χ2n) is 6.99. The van der Waals surface area contributed by atoms with E-state index in [4.69, 9.17) is 9.15 Å². The van der Waals surface area contributed by atoms with Gasteiger partial charge in [-0.2, -0.15) is 0 Å². The number of carbonyl (C=O) groups excluding carboxylic acids is 1. The molecule has 1 amide bonds. The van der Waals surface area contributed by atoms with Crippen LogP contribution in [0.4, 0.5) is 4.39 Å². The first-order valence-electron chi connectivity index (χ1n) is 9.79. The van der Waals surface area contributed by atoms with E-state index in [0.717, 1.165) is 11.1 Å². The number of aryl methyl sites for hydroxylation is 1. The molecule has 2 aromatic carbocycles. The van der Waals surface area contributed by atoms with Crippen molar-refractivity contribution in [2.45, 2.75) is 32.2 Å². The van der Waals surface area contributed by atoms with E-state index in [1.54, 1.807) is 18.2 Å². The number of ether oxygens (including phenoxy) is 1. The van der Waals surface area contributed by atoms with Crippen LogP contribution in [-0.4, -0.2) is 35.1 Å². The fourth-order valence-electron chi connectivity index (χ4n) is 3.23. The molecule has 31 heavy (non-hydrogen) atoms. The van der Waals surface area contributed by atoms with Crippen LogP contribution < -0.4 is 10.1 Å². The summed E-state index contributed by atoms with van der Waals surface area (Å²) in [6.45, 7) is 1.85. The van der Waals surface area contributed by atoms with E-state index < -0.39 is 17.9 Å². The first-order valence-corrected chi connectivity index (χ1v) is 9.79. The minimum atomic E-state index is -1.03. The van der Waals surface area contributed by atoms with Gasteiger partial charge in [-0.1, -0.05) is 31.2 Å². The van der Waals surface area contributed by atoms with Gasteiger partial charge >= 0.3 is 5.97 Å². The second-order valence-corrected chi connectivity index (χ2v) is 6.99. The molecule has 2 N–H and O–H groups in total. The minimum absolute atomic E-state index is 0.0424.